The number of fused-ring (bicyclic) bond motifs is 4. The Hall–Kier alpha value is -2.76. The summed E-state index contributed by atoms with van der Waals surface area (Å²) in [5, 5.41) is 14.1. The molecule has 0 radical (unpaired) electrons. The molecule has 0 spiro atoms. The van der Waals surface area contributed by atoms with Crippen LogP contribution in [0.15, 0.2) is 60.7 Å². The molecule has 0 saturated carbocycles. The average molecular weight is 432 g/mol. The molecular formula is C27H29NO4. The van der Waals surface area contributed by atoms with E-state index in [0.717, 1.165) is 43.5 Å². The molecule has 2 fully saturated rings. The van der Waals surface area contributed by atoms with Crippen molar-refractivity contribution in [1.82, 2.24) is 4.90 Å². The number of para-hydroxylation sites is 1. The minimum atomic E-state index is -0.772. The standard InChI is InChI=1S/C27H29NO4/c1-30-24-7-4-8-25-26(24)32-23(17-31-25)16-28-21-11-12-22(28)15-27(29,14-21)20-10-9-18-5-2-3-6-19(18)13-20/h2-10,13,21-23,29H,11-12,14-17H2,1H3. The van der Waals surface area contributed by atoms with E-state index in [2.05, 4.69) is 47.4 Å². The van der Waals surface area contributed by atoms with Crippen molar-refractivity contribution in [1.29, 1.82) is 0 Å². The lowest BCUT2D eigenvalue weighted by Gasteiger charge is -2.45. The summed E-state index contributed by atoms with van der Waals surface area (Å²) >= 11 is 0. The van der Waals surface area contributed by atoms with E-state index in [0.29, 0.717) is 30.2 Å². The average Bonchev–Trinajstić information content (AvgIpc) is 3.07. The molecule has 3 heterocycles. The Morgan fingerprint density at radius 2 is 1.78 bits per heavy atom. The van der Waals surface area contributed by atoms with Crippen LogP contribution < -0.4 is 14.2 Å². The van der Waals surface area contributed by atoms with Gasteiger partial charge in [0.15, 0.2) is 11.5 Å². The Morgan fingerprint density at radius 3 is 2.56 bits per heavy atom. The van der Waals surface area contributed by atoms with E-state index in [1.807, 2.05) is 18.2 Å². The summed E-state index contributed by atoms with van der Waals surface area (Å²) in [5.41, 5.74) is 0.273. The van der Waals surface area contributed by atoms with Gasteiger partial charge in [0.2, 0.25) is 5.75 Å². The molecule has 0 amide bonds. The summed E-state index contributed by atoms with van der Waals surface area (Å²) < 4.78 is 17.8. The van der Waals surface area contributed by atoms with Crippen molar-refractivity contribution in [3.05, 3.63) is 66.2 Å². The van der Waals surface area contributed by atoms with E-state index >= 15 is 0 Å². The Morgan fingerprint density at radius 1 is 1.00 bits per heavy atom. The van der Waals surface area contributed by atoms with E-state index in [1.54, 1.807) is 7.11 Å². The lowest BCUT2D eigenvalue weighted by Crippen LogP contribution is -2.53. The fourth-order valence-corrected chi connectivity index (χ4v) is 5.92. The van der Waals surface area contributed by atoms with Crippen molar-refractivity contribution in [3.63, 3.8) is 0 Å². The lowest BCUT2D eigenvalue weighted by atomic mass is 9.80. The smallest absolute Gasteiger partial charge is 0.204 e. The summed E-state index contributed by atoms with van der Waals surface area (Å²) in [6.45, 7) is 1.34. The molecule has 3 aromatic carbocycles. The number of nitrogens with zero attached hydrogens (tertiary/aromatic N) is 1. The SMILES string of the molecule is COc1cccc2c1OC(CN1C3CCC1CC(O)(c1ccc4ccccc4c1)C3)CO2. The van der Waals surface area contributed by atoms with Gasteiger partial charge >= 0.3 is 0 Å². The van der Waals surface area contributed by atoms with Crippen LogP contribution in [0.2, 0.25) is 0 Å². The summed E-state index contributed by atoms with van der Waals surface area (Å²) in [5.74, 6) is 2.15. The molecule has 3 aliphatic heterocycles. The second kappa shape index (κ2) is 7.68. The topological polar surface area (TPSA) is 51.2 Å². The molecule has 5 heteroatoms. The van der Waals surface area contributed by atoms with Crippen LogP contribution in [0.5, 0.6) is 17.2 Å². The first-order chi connectivity index (χ1) is 15.6. The lowest BCUT2D eigenvalue weighted by molar-refractivity contribution is -0.0688. The van der Waals surface area contributed by atoms with Crippen molar-refractivity contribution in [2.24, 2.45) is 0 Å². The molecule has 166 valence electrons. The zero-order chi connectivity index (χ0) is 21.7. The highest BCUT2D eigenvalue weighted by Gasteiger charge is 2.49. The van der Waals surface area contributed by atoms with E-state index in [1.165, 1.54) is 10.8 Å². The third kappa shape index (κ3) is 3.31. The maximum atomic E-state index is 11.7. The molecule has 3 aromatic rings. The van der Waals surface area contributed by atoms with Crippen molar-refractivity contribution in [2.45, 2.75) is 49.5 Å². The number of piperidine rings is 1. The van der Waals surface area contributed by atoms with E-state index in [-0.39, 0.29) is 6.10 Å². The normalized spacial score (nSPS) is 29.2. The van der Waals surface area contributed by atoms with Gasteiger partial charge in [0.25, 0.3) is 0 Å². The van der Waals surface area contributed by atoms with Crippen molar-refractivity contribution in [3.8, 4) is 17.2 Å². The second-order valence-corrected chi connectivity index (χ2v) is 9.42. The van der Waals surface area contributed by atoms with Gasteiger partial charge in [-0.05, 0) is 60.2 Å². The molecule has 1 N–H and O–H groups in total. The number of aliphatic hydroxyl groups is 1. The monoisotopic (exact) mass is 431 g/mol. The number of hydrogen-bond donors (Lipinski definition) is 1. The number of methoxy groups -OCH3 is 1. The summed E-state index contributed by atoms with van der Waals surface area (Å²) in [6, 6.07) is 21.2. The zero-order valence-corrected chi connectivity index (χ0v) is 18.4. The number of rotatable bonds is 4. The maximum Gasteiger partial charge on any atom is 0.204 e. The van der Waals surface area contributed by atoms with E-state index < -0.39 is 5.60 Å². The van der Waals surface area contributed by atoms with Gasteiger partial charge in [0, 0.05) is 18.6 Å². The number of ether oxygens (including phenoxy) is 3. The Balaban J connectivity index is 1.20. The van der Waals surface area contributed by atoms with E-state index in [4.69, 9.17) is 14.2 Å². The van der Waals surface area contributed by atoms with Crippen LogP contribution in [0.3, 0.4) is 0 Å². The maximum absolute atomic E-state index is 11.7. The highest BCUT2D eigenvalue weighted by atomic mass is 16.6. The highest BCUT2D eigenvalue weighted by molar-refractivity contribution is 5.83. The molecule has 3 aliphatic rings. The van der Waals surface area contributed by atoms with Gasteiger partial charge in [0.1, 0.15) is 12.7 Å². The van der Waals surface area contributed by atoms with Gasteiger partial charge in [-0.25, -0.2) is 0 Å². The van der Waals surface area contributed by atoms with Gasteiger partial charge in [0.05, 0.1) is 12.7 Å². The molecule has 32 heavy (non-hydrogen) atoms. The third-order valence-electron chi connectivity index (χ3n) is 7.49. The molecule has 3 unspecified atom stereocenters. The molecule has 6 rings (SSSR count). The molecule has 5 nitrogen and oxygen atoms in total. The predicted octanol–water partition coefficient (Wildman–Crippen LogP) is 4.50. The summed E-state index contributed by atoms with van der Waals surface area (Å²) in [7, 11) is 1.65. The predicted molar refractivity (Wildman–Crippen MR) is 123 cm³/mol. The van der Waals surface area contributed by atoms with Crippen LogP contribution in [0, 0.1) is 0 Å². The number of hydrogen-bond acceptors (Lipinski definition) is 5. The third-order valence-corrected chi connectivity index (χ3v) is 7.49. The van der Waals surface area contributed by atoms with Crippen LogP contribution in [0.1, 0.15) is 31.2 Å². The summed E-state index contributed by atoms with van der Waals surface area (Å²) in [4.78, 5) is 2.55. The van der Waals surface area contributed by atoms with Gasteiger partial charge in [-0.15, -0.1) is 0 Å². The molecule has 0 aliphatic carbocycles. The van der Waals surface area contributed by atoms with Gasteiger partial charge in [-0.1, -0.05) is 42.5 Å². The number of benzene rings is 3. The Kier molecular flexibility index (Phi) is 4.77. The fourth-order valence-electron chi connectivity index (χ4n) is 5.92. The highest BCUT2D eigenvalue weighted by Crippen LogP contribution is 2.47. The van der Waals surface area contributed by atoms with E-state index in [9.17, 15) is 5.11 Å². The van der Waals surface area contributed by atoms with Gasteiger partial charge in [-0.3, -0.25) is 4.90 Å². The first-order valence-corrected chi connectivity index (χ1v) is 11.6. The van der Waals surface area contributed by atoms with Crippen LogP contribution in [0.25, 0.3) is 10.8 Å². The Labute approximate surface area is 188 Å². The van der Waals surface area contributed by atoms with Crippen LogP contribution in [-0.2, 0) is 5.60 Å². The molecule has 3 atom stereocenters. The molecular weight excluding hydrogens is 402 g/mol. The van der Waals surface area contributed by atoms with Gasteiger partial charge < -0.3 is 19.3 Å². The first kappa shape index (κ1) is 19.9. The zero-order valence-electron chi connectivity index (χ0n) is 18.4. The van der Waals surface area contributed by atoms with Crippen LogP contribution in [0.4, 0.5) is 0 Å². The summed E-state index contributed by atoms with van der Waals surface area (Å²) in [6.07, 6.45) is 3.71. The van der Waals surface area contributed by atoms with Crippen LogP contribution >= 0.6 is 0 Å². The van der Waals surface area contributed by atoms with Crippen molar-refractivity contribution < 1.29 is 19.3 Å². The fraction of sp³-hybridized carbons (Fsp3) is 0.407. The van der Waals surface area contributed by atoms with Crippen molar-refractivity contribution in [2.75, 3.05) is 20.3 Å². The Bertz CT molecular complexity index is 1120. The quantitative estimate of drug-likeness (QED) is 0.659. The van der Waals surface area contributed by atoms with Crippen LogP contribution in [-0.4, -0.2) is 48.5 Å². The minimum absolute atomic E-state index is 0.0474. The largest absolute Gasteiger partial charge is 0.493 e. The molecule has 0 aromatic heterocycles. The van der Waals surface area contributed by atoms with Gasteiger partial charge in [-0.2, -0.15) is 0 Å². The van der Waals surface area contributed by atoms with Crippen molar-refractivity contribution >= 4 is 10.8 Å². The second-order valence-electron chi connectivity index (χ2n) is 9.42. The molecule has 2 bridgehead atoms. The molecule has 2 saturated heterocycles. The first-order valence-electron chi connectivity index (χ1n) is 11.6. The minimum Gasteiger partial charge on any atom is -0.493 e.